The van der Waals surface area contributed by atoms with Gasteiger partial charge in [0, 0.05) is 12.6 Å². The van der Waals surface area contributed by atoms with Crippen molar-refractivity contribution in [1.82, 2.24) is 14.9 Å². The zero-order chi connectivity index (χ0) is 14.1. The predicted octanol–water partition coefficient (Wildman–Crippen LogP) is 2.83. The summed E-state index contributed by atoms with van der Waals surface area (Å²) in [5, 5.41) is 0. The quantitative estimate of drug-likeness (QED) is 0.927. The van der Waals surface area contributed by atoms with Gasteiger partial charge in [0.25, 0.3) is 5.91 Å². The number of carbonyl (C=O) groups is 1. The summed E-state index contributed by atoms with van der Waals surface area (Å²) in [6.07, 6.45) is 5.35. The standard InChI is InChI=1S/C16H19N3O/c1-11-3-4-13(7-12(11)2)9-19(14-5-6-14)16(20)15-8-17-10-18-15/h3-4,7-8,10,14H,5-6,9H2,1-2H3,(H,17,18). The Bertz CT molecular complexity index is 615. The highest BCUT2D eigenvalue weighted by atomic mass is 16.2. The SMILES string of the molecule is Cc1ccc(CN(C(=O)c2cnc[nH]2)C2CC2)cc1C. The van der Waals surface area contributed by atoms with Crippen molar-refractivity contribution in [2.75, 3.05) is 0 Å². The summed E-state index contributed by atoms with van der Waals surface area (Å²) in [5.74, 6) is 0.0447. The van der Waals surface area contributed by atoms with Gasteiger partial charge in [-0.15, -0.1) is 0 Å². The van der Waals surface area contributed by atoms with Crippen LogP contribution in [0.5, 0.6) is 0 Å². The second-order valence-corrected chi connectivity index (χ2v) is 5.55. The molecule has 104 valence electrons. The molecule has 0 spiro atoms. The van der Waals surface area contributed by atoms with Crippen LogP contribution in [0.4, 0.5) is 0 Å². The molecular weight excluding hydrogens is 250 g/mol. The van der Waals surface area contributed by atoms with Crippen LogP contribution in [0, 0.1) is 13.8 Å². The maximum Gasteiger partial charge on any atom is 0.272 e. The van der Waals surface area contributed by atoms with Crippen LogP contribution in [-0.4, -0.2) is 26.8 Å². The minimum Gasteiger partial charge on any atom is -0.341 e. The molecule has 1 heterocycles. The minimum atomic E-state index is 0.0447. The van der Waals surface area contributed by atoms with Gasteiger partial charge in [-0.25, -0.2) is 4.98 Å². The topological polar surface area (TPSA) is 49.0 Å². The fraction of sp³-hybridized carbons (Fsp3) is 0.375. The van der Waals surface area contributed by atoms with E-state index in [1.165, 1.54) is 16.7 Å². The van der Waals surface area contributed by atoms with Crippen molar-refractivity contribution in [3.63, 3.8) is 0 Å². The number of nitrogens with one attached hydrogen (secondary N) is 1. The Balaban J connectivity index is 1.81. The lowest BCUT2D eigenvalue weighted by atomic mass is 10.1. The monoisotopic (exact) mass is 269 g/mol. The highest BCUT2D eigenvalue weighted by molar-refractivity contribution is 5.92. The van der Waals surface area contributed by atoms with Gasteiger partial charge in [-0.3, -0.25) is 4.79 Å². The van der Waals surface area contributed by atoms with Crippen LogP contribution in [-0.2, 0) is 6.54 Å². The molecule has 0 atom stereocenters. The molecular formula is C16H19N3O. The number of amides is 1. The van der Waals surface area contributed by atoms with E-state index in [2.05, 4.69) is 42.0 Å². The van der Waals surface area contributed by atoms with Crippen molar-refractivity contribution in [2.45, 2.75) is 39.3 Å². The van der Waals surface area contributed by atoms with Crippen LogP contribution >= 0.6 is 0 Å². The zero-order valence-electron chi connectivity index (χ0n) is 11.9. The maximum atomic E-state index is 12.5. The molecule has 1 amide bonds. The molecule has 0 bridgehead atoms. The van der Waals surface area contributed by atoms with Gasteiger partial charge in [0.05, 0.1) is 12.5 Å². The second-order valence-electron chi connectivity index (χ2n) is 5.55. The van der Waals surface area contributed by atoms with Gasteiger partial charge in [0.2, 0.25) is 0 Å². The normalized spacial score (nSPS) is 14.3. The van der Waals surface area contributed by atoms with Crippen LogP contribution in [0.3, 0.4) is 0 Å². The number of hydrogen-bond acceptors (Lipinski definition) is 2. The van der Waals surface area contributed by atoms with Crippen molar-refractivity contribution in [3.05, 3.63) is 53.1 Å². The van der Waals surface area contributed by atoms with Crippen LogP contribution in [0.1, 0.15) is 40.0 Å². The number of H-pyrrole nitrogens is 1. The van der Waals surface area contributed by atoms with Crippen LogP contribution in [0.15, 0.2) is 30.7 Å². The summed E-state index contributed by atoms with van der Waals surface area (Å²) in [6.45, 7) is 4.88. The van der Waals surface area contributed by atoms with E-state index < -0.39 is 0 Å². The average molecular weight is 269 g/mol. The van der Waals surface area contributed by atoms with E-state index in [0.29, 0.717) is 18.3 Å². The van der Waals surface area contributed by atoms with Crippen molar-refractivity contribution < 1.29 is 4.79 Å². The highest BCUT2D eigenvalue weighted by Gasteiger charge is 2.33. The maximum absolute atomic E-state index is 12.5. The molecule has 1 aliphatic rings. The third-order valence-corrected chi connectivity index (χ3v) is 3.90. The van der Waals surface area contributed by atoms with Gasteiger partial charge >= 0.3 is 0 Å². The predicted molar refractivity (Wildman–Crippen MR) is 77.4 cm³/mol. The smallest absolute Gasteiger partial charge is 0.272 e. The third-order valence-electron chi connectivity index (χ3n) is 3.90. The van der Waals surface area contributed by atoms with E-state index in [1.54, 1.807) is 12.5 Å². The Labute approximate surface area is 118 Å². The second kappa shape index (κ2) is 5.12. The number of hydrogen-bond donors (Lipinski definition) is 1. The first kappa shape index (κ1) is 12.9. The number of carbonyl (C=O) groups excluding carboxylic acids is 1. The molecule has 1 aromatic carbocycles. The molecule has 1 aromatic heterocycles. The number of benzene rings is 1. The van der Waals surface area contributed by atoms with E-state index in [-0.39, 0.29) is 5.91 Å². The summed E-state index contributed by atoms with van der Waals surface area (Å²) in [4.78, 5) is 21.3. The van der Waals surface area contributed by atoms with Gasteiger partial charge in [-0.1, -0.05) is 18.2 Å². The molecule has 4 heteroatoms. The van der Waals surface area contributed by atoms with Crippen LogP contribution < -0.4 is 0 Å². The fourth-order valence-electron chi connectivity index (χ4n) is 2.38. The first-order valence-corrected chi connectivity index (χ1v) is 7.00. The first-order valence-electron chi connectivity index (χ1n) is 7.00. The zero-order valence-corrected chi connectivity index (χ0v) is 11.9. The Morgan fingerprint density at radius 3 is 2.75 bits per heavy atom. The molecule has 0 saturated heterocycles. The molecule has 1 aliphatic carbocycles. The molecule has 2 aromatic rings. The third kappa shape index (κ3) is 2.59. The largest absolute Gasteiger partial charge is 0.341 e. The Hall–Kier alpha value is -2.10. The summed E-state index contributed by atoms with van der Waals surface area (Å²) in [5.41, 5.74) is 4.31. The van der Waals surface area contributed by atoms with E-state index in [9.17, 15) is 4.79 Å². The molecule has 0 unspecified atom stereocenters. The molecule has 1 fully saturated rings. The summed E-state index contributed by atoms with van der Waals surface area (Å²) < 4.78 is 0. The van der Waals surface area contributed by atoms with Crippen molar-refractivity contribution in [1.29, 1.82) is 0 Å². The van der Waals surface area contributed by atoms with Crippen molar-refractivity contribution in [3.8, 4) is 0 Å². The van der Waals surface area contributed by atoms with Gasteiger partial charge in [0.1, 0.15) is 5.69 Å². The van der Waals surface area contributed by atoms with Crippen molar-refractivity contribution in [2.24, 2.45) is 0 Å². The van der Waals surface area contributed by atoms with Gasteiger partial charge in [-0.05, 0) is 43.4 Å². The number of imidazole rings is 1. The lowest BCUT2D eigenvalue weighted by molar-refractivity contribution is 0.0724. The number of aromatic nitrogens is 2. The number of aromatic amines is 1. The van der Waals surface area contributed by atoms with Crippen molar-refractivity contribution >= 4 is 5.91 Å². The van der Waals surface area contributed by atoms with Gasteiger partial charge < -0.3 is 9.88 Å². The number of rotatable bonds is 4. The minimum absolute atomic E-state index is 0.0447. The molecule has 0 radical (unpaired) electrons. The molecule has 3 rings (SSSR count). The summed E-state index contributed by atoms with van der Waals surface area (Å²) in [7, 11) is 0. The summed E-state index contributed by atoms with van der Waals surface area (Å²) >= 11 is 0. The Morgan fingerprint density at radius 2 is 2.15 bits per heavy atom. The van der Waals surface area contributed by atoms with E-state index in [4.69, 9.17) is 0 Å². The molecule has 1 N–H and O–H groups in total. The molecule has 1 saturated carbocycles. The van der Waals surface area contributed by atoms with E-state index in [0.717, 1.165) is 12.8 Å². The first-order chi connectivity index (χ1) is 9.65. The molecule has 20 heavy (non-hydrogen) atoms. The highest BCUT2D eigenvalue weighted by Crippen LogP contribution is 2.29. The van der Waals surface area contributed by atoms with Gasteiger partial charge in [0.15, 0.2) is 0 Å². The number of nitrogens with zero attached hydrogens (tertiary/aromatic N) is 2. The molecule has 4 nitrogen and oxygen atoms in total. The number of aryl methyl sites for hydroxylation is 2. The van der Waals surface area contributed by atoms with E-state index in [1.807, 2.05) is 4.90 Å². The average Bonchev–Trinajstić information content (AvgIpc) is 3.13. The Kier molecular flexibility index (Phi) is 3.30. The van der Waals surface area contributed by atoms with Gasteiger partial charge in [-0.2, -0.15) is 0 Å². The summed E-state index contributed by atoms with van der Waals surface area (Å²) in [6, 6.07) is 6.78. The Morgan fingerprint density at radius 1 is 1.35 bits per heavy atom. The van der Waals surface area contributed by atoms with Crippen LogP contribution in [0.2, 0.25) is 0 Å². The fourth-order valence-corrected chi connectivity index (χ4v) is 2.38. The molecule has 0 aliphatic heterocycles. The van der Waals surface area contributed by atoms with Crippen LogP contribution in [0.25, 0.3) is 0 Å². The lowest BCUT2D eigenvalue weighted by Gasteiger charge is -2.22. The lowest BCUT2D eigenvalue weighted by Crippen LogP contribution is -2.32. The van der Waals surface area contributed by atoms with E-state index >= 15 is 0 Å².